The van der Waals surface area contributed by atoms with Gasteiger partial charge in [0, 0.05) is 6.42 Å². The smallest absolute Gasteiger partial charge is 0.220 e. The number of amides is 1. The van der Waals surface area contributed by atoms with E-state index in [-0.39, 0.29) is 5.91 Å². The monoisotopic (exact) mass is 894 g/mol. The number of aliphatic hydroxyl groups excluding tert-OH is 6. The predicted octanol–water partition coefficient (Wildman–Crippen LogP) is 12.0. The van der Waals surface area contributed by atoms with Crippen LogP contribution in [0.4, 0.5) is 0 Å². The number of nitrogens with one attached hydrogen (secondary N) is 1. The Hall–Kier alpha value is -1.33. The Bertz CT molecular complexity index is 1050. The maximum atomic E-state index is 13.1. The molecule has 63 heavy (non-hydrogen) atoms. The van der Waals surface area contributed by atoms with Gasteiger partial charge in [0.2, 0.25) is 5.91 Å². The standard InChI is InChI=1S/C54H103NO8/c1-3-5-7-9-11-13-15-17-18-19-20-21-22-23-24-25-26-27-28-29-30-32-34-36-38-40-42-50(58)55-46(43-44-48-52(60)54(62)53(61)49(45-56)63-48)51(59)47(57)41-39-37-35-33-31-16-14-12-10-8-6-4-2/h27-28,43-44,46-49,51-54,56-57,59-62H,3-26,29-42,45H2,1-2H3,(H,55,58)/b28-27-,44-43+/t46-,47+,48+,49?,51-,52+,53-,54?/m0/s1. The van der Waals surface area contributed by atoms with E-state index in [0.717, 1.165) is 51.4 Å². The zero-order valence-corrected chi connectivity index (χ0v) is 41.0. The van der Waals surface area contributed by atoms with E-state index in [4.69, 9.17) is 4.74 Å². The number of hydrogen-bond donors (Lipinski definition) is 7. The Morgan fingerprint density at radius 1 is 0.524 bits per heavy atom. The van der Waals surface area contributed by atoms with Crippen LogP contribution in [0.3, 0.4) is 0 Å². The lowest BCUT2D eigenvalue weighted by Crippen LogP contribution is -2.58. The molecule has 1 saturated heterocycles. The molecule has 9 heteroatoms. The van der Waals surface area contributed by atoms with Crippen molar-refractivity contribution in [1.29, 1.82) is 0 Å². The zero-order chi connectivity index (χ0) is 46.0. The van der Waals surface area contributed by atoms with Crippen LogP contribution in [0.15, 0.2) is 24.3 Å². The summed E-state index contributed by atoms with van der Waals surface area (Å²) in [4.78, 5) is 13.1. The Labute approximate surface area is 387 Å². The van der Waals surface area contributed by atoms with Gasteiger partial charge in [-0.15, -0.1) is 0 Å². The summed E-state index contributed by atoms with van der Waals surface area (Å²) in [7, 11) is 0. The minimum Gasteiger partial charge on any atom is -0.394 e. The molecule has 1 fully saturated rings. The molecule has 1 rings (SSSR count). The van der Waals surface area contributed by atoms with Crippen LogP contribution in [0.5, 0.6) is 0 Å². The van der Waals surface area contributed by atoms with Crippen molar-refractivity contribution in [3.8, 4) is 0 Å². The fourth-order valence-corrected chi connectivity index (χ4v) is 8.93. The summed E-state index contributed by atoms with van der Waals surface area (Å²) in [5, 5.41) is 65.6. The van der Waals surface area contributed by atoms with Gasteiger partial charge in [-0.1, -0.05) is 237 Å². The van der Waals surface area contributed by atoms with Gasteiger partial charge in [-0.2, -0.15) is 0 Å². The van der Waals surface area contributed by atoms with E-state index < -0.39 is 55.4 Å². The van der Waals surface area contributed by atoms with E-state index in [1.807, 2.05) is 0 Å². The Balaban J connectivity index is 2.27. The maximum Gasteiger partial charge on any atom is 0.220 e. The molecule has 372 valence electrons. The van der Waals surface area contributed by atoms with Gasteiger partial charge in [0.1, 0.15) is 36.6 Å². The van der Waals surface area contributed by atoms with Gasteiger partial charge in [-0.3, -0.25) is 4.79 Å². The van der Waals surface area contributed by atoms with Gasteiger partial charge < -0.3 is 40.7 Å². The fraction of sp³-hybridized carbons (Fsp3) is 0.907. The van der Waals surface area contributed by atoms with Gasteiger partial charge in [0.25, 0.3) is 0 Å². The molecule has 0 aromatic heterocycles. The highest BCUT2D eigenvalue weighted by atomic mass is 16.5. The van der Waals surface area contributed by atoms with Crippen LogP contribution in [-0.4, -0.2) is 91.9 Å². The van der Waals surface area contributed by atoms with E-state index in [9.17, 15) is 35.4 Å². The molecule has 1 amide bonds. The Morgan fingerprint density at radius 3 is 1.32 bits per heavy atom. The van der Waals surface area contributed by atoms with Gasteiger partial charge in [-0.25, -0.2) is 0 Å². The van der Waals surface area contributed by atoms with Crippen LogP contribution in [-0.2, 0) is 9.53 Å². The second-order valence-electron chi connectivity index (χ2n) is 19.2. The van der Waals surface area contributed by atoms with Gasteiger partial charge in [0.15, 0.2) is 0 Å². The second kappa shape index (κ2) is 43.3. The minimum atomic E-state index is -1.53. The molecule has 0 radical (unpaired) electrons. The third-order valence-corrected chi connectivity index (χ3v) is 13.3. The van der Waals surface area contributed by atoms with Crippen molar-refractivity contribution in [3.63, 3.8) is 0 Å². The lowest BCUT2D eigenvalue weighted by atomic mass is 9.93. The minimum absolute atomic E-state index is 0.232. The molecule has 1 aliphatic heterocycles. The highest BCUT2D eigenvalue weighted by molar-refractivity contribution is 5.76. The number of aliphatic hydroxyl groups is 6. The van der Waals surface area contributed by atoms with Crippen LogP contribution in [0, 0.1) is 0 Å². The zero-order valence-electron chi connectivity index (χ0n) is 41.0. The Kier molecular flexibility index (Phi) is 41.0. The number of ether oxygens (including phenoxy) is 1. The normalized spacial score (nSPS) is 20.8. The second-order valence-corrected chi connectivity index (χ2v) is 19.2. The van der Waals surface area contributed by atoms with Crippen molar-refractivity contribution in [2.45, 2.75) is 307 Å². The first-order chi connectivity index (χ1) is 30.8. The molecule has 7 N–H and O–H groups in total. The van der Waals surface area contributed by atoms with E-state index >= 15 is 0 Å². The lowest BCUT2D eigenvalue weighted by Gasteiger charge is -2.39. The van der Waals surface area contributed by atoms with E-state index in [1.165, 1.54) is 192 Å². The third-order valence-electron chi connectivity index (χ3n) is 13.3. The average Bonchev–Trinajstić information content (AvgIpc) is 3.28. The van der Waals surface area contributed by atoms with Crippen LogP contribution >= 0.6 is 0 Å². The molecule has 0 bridgehead atoms. The SMILES string of the molecule is CCCCCCCCCCCCCCCCCC/C=C\CCCCCCCCC(=O)N[C@@H](/C=C/[C@H]1OC(CO)[C@H](O)C(O)[C@@H]1O)[C@H](O)[C@H](O)CCCCCCCCCCCCCC. The summed E-state index contributed by atoms with van der Waals surface area (Å²) in [6, 6.07) is -0.950. The molecule has 2 unspecified atom stereocenters. The van der Waals surface area contributed by atoms with Crippen molar-refractivity contribution in [1.82, 2.24) is 5.32 Å². The summed E-state index contributed by atoms with van der Waals surface area (Å²) >= 11 is 0. The van der Waals surface area contributed by atoms with Crippen molar-refractivity contribution >= 4 is 5.91 Å². The maximum absolute atomic E-state index is 13.1. The van der Waals surface area contributed by atoms with Crippen molar-refractivity contribution in [3.05, 3.63) is 24.3 Å². The summed E-state index contributed by atoms with van der Waals surface area (Å²) in [5.74, 6) is -0.232. The molecular weight excluding hydrogens is 791 g/mol. The molecule has 0 aromatic rings. The van der Waals surface area contributed by atoms with E-state index in [2.05, 4.69) is 31.3 Å². The number of carbonyl (C=O) groups is 1. The summed E-state index contributed by atoms with van der Waals surface area (Å²) in [6.07, 6.45) is 44.8. The Morgan fingerprint density at radius 2 is 0.905 bits per heavy atom. The quantitative estimate of drug-likeness (QED) is 0.0235. The first kappa shape index (κ1) is 59.7. The van der Waals surface area contributed by atoms with Gasteiger partial charge in [-0.05, 0) is 38.5 Å². The summed E-state index contributed by atoms with van der Waals surface area (Å²) in [5.41, 5.74) is 0. The largest absolute Gasteiger partial charge is 0.394 e. The third kappa shape index (κ3) is 32.9. The number of hydrogen-bond acceptors (Lipinski definition) is 8. The molecule has 0 spiro atoms. The molecule has 8 atom stereocenters. The molecule has 0 saturated carbocycles. The fourth-order valence-electron chi connectivity index (χ4n) is 8.93. The highest BCUT2D eigenvalue weighted by Crippen LogP contribution is 2.23. The number of rotatable bonds is 45. The van der Waals surface area contributed by atoms with Crippen LogP contribution in [0.25, 0.3) is 0 Å². The molecular formula is C54H103NO8. The number of unbranched alkanes of at least 4 members (excludes halogenated alkanes) is 33. The molecule has 1 heterocycles. The number of carbonyl (C=O) groups excluding carboxylic acids is 1. The molecule has 0 aromatic carbocycles. The average molecular weight is 894 g/mol. The van der Waals surface area contributed by atoms with E-state index in [1.54, 1.807) is 0 Å². The van der Waals surface area contributed by atoms with Crippen molar-refractivity contribution in [2.75, 3.05) is 6.61 Å². The molecule has 0 aliphatic carbocycles. The van der Waals surface area contributed by atoms with Crippen molar-refractivity contribution in [2.24, 2.45) is 0 Å². The topological polar surface area (TPSA) is 160 Å². The van der Waals surface area contributed by atoms with Crippen LogP contribution in [0.2, 0.25) is 0 Å². The molecule has 1 aliphatic rings. The molecule has 9 nitrogen and oxygen atoms in total. The summed E-state index contributed by atoms with van der Waals surface area (Å²) in [6.45, 7) is 3.98. The first-order valence-corrected chi connectivity index (χ1v) is 27.1. The van der Waals surface area contributed by atoms with Crippen LogP contribution in [0.1, 0.15) is 258 Å². The lowest BCUT2D eigenvalue weighted by molar-refractivity contribution is -0.216. The summed E-state index contributed by atoms with van der Waals surface area (Å²) < 4.78 is 5.60. The number of allylic oxidation sites excluding steroid dienone is 2. The van der Waals surface area contributed by atoms with Gasteiger partial charge >= 0.3 is 0 Å². The van der Waals surface area contributed by atoms with Crippen molar-refractivity contribution < 1.29 is 40.2 Å². The predicted molar refractivity (Wildman–Crippen MR) is 263 cm³/mol. The van der Waals surface area contributed by atoms with Crippen LogP contribution < -0.4 is 5.32 Å². The first-order valence-electron chi connectivity index (χ1n) is 27.1. The van der Waals surface area contributed by atoms with Gasteiger partial charge in [0.05, 0.1) is 18.8 Å². The van der Waals surface area contributed by atoms with E-state index in [0.29, 0.717) is 12.8 Å². The highest BCUT2D eigenvalue weighted by Gasteiger charge is 2.42.